The van der Waals surface area contributed by atoms with Gasteiger partial charge in [0, 0.05) is 0 Å². The molecular weight excluding hydrogens is 290 g/mol. The Morgan fingerprint density at radius 3 is 3.00 bits per heavy atom. The van der Waals surface area contributed by atoms with E-state index in [9.17, 15) is 10.2 Å². The molecule has 4 atom stereocenters. The zero-order valence-electron chi connectivity index (χ0n) is 11.5. The maximum Gasteiger partial charge on any atom is 0.167 e. The summed E-state index contributed by atoms with van der Waals surface area (Å²) in [5.41, 5.74) is 6.61. The number of aromatic nitrogens is 4. The van der Waals surface area contributed by atoms with E-state index >= 15 is 0 Å². The van der Waals surface area contributed by atoms with E-state index in [1.54, 1.807) is 4.57 Å². The van der Waals surface area contributed by atoms with E-state index in [2.05, 4.69) is 20.9 Å². The summed E-state index contributed by atoms with van der Waals surface area (Å²) < 4.78 is 12.7. The van der Waals surface area contributed by atoms with Crippen LogP contribution in [0.3, 0.4) is 0 Å². The summed E-state index contributed by atoms with van der Waals surface area (Å²) in [5.74, 6) is 2.58. The van der Waals surface area contributed by atoms with Gasteiger partial charge >= 0.3 is 0 Å². The van der Waals surface area contributed by atoms with E-state index in [4.69, 9.17) is 21.6 Å². The average Bonchev–Trinajstić information content (AvgIpc) is 3.07. The van der Waals surface area contributed by atoms with Crippen molar-refractivity contribution in [2.24, 2.45) is 0 Å². The topological polar surface area (TPSA) is 129 Å². The number of rotatable bonds is 4. The number of fused-ring (bicyclic) bond motifs is 1. The lowest BCUT2D eigenvalue weighted by molar-refractivity contribution is -0.0636. The number of aliphatic hydroxyl groups is 2. The van der Waals surface area contributed by atoms with Gasteiger partial charge in [0.1, 0.15) is 36.8 Å². The van der Waals surface area contributed by atoms with Crippen LogP contribution in [0, 0.1) is 12.3 Å². The van der Waals surface area contributed by atoms with Gasteiger partial charge in [-0.1, -0.05) is 5.92 Å². The molecule has 3 heterocycles. The molecule has 1 fully saturated rings. The van der Waals surface area contributed by atoms with Gasteiger partial charge < -0.3 is 25.4 Å². The molecule has 0 bridgehead atoms. The highest BCUT2D eigenvalue weighted by Gasteiger charge is 2.45. The Hall–Kier alpha value is -2.25. The molecule has 9 nitrogen and oxygen atoms in total. The normalized spacial score (nSPS) is 28.0. The van der Waals surface area contributed by atoms with Gasteiger partial charge in [0.05, 0.1) is 12.9 Å². The number of nitrogen functional groups attached to an aromatic ring is 1. The van der Waals surface area contributed by atoms with Crippen molar-refractivity contribution in [3.05, 3.63) is 12.7 Å². The highest BCUT2D eigenvalue weighted by molar-refractivity contribution is 5.81. The number of aliphatic hydroxyl groups excluding tert-OH is 2. The van der Waals surface area contributed by atoms with Crippen LogP contribution in [0.1, 0.15) is 6.23 Å². The molecule has 3 rings (SSSR count). The van der Waals surface area contributed by atoms with Gasteiger partial charge in [-0.05, 0) is 0 Å². The molecule has 2 aromatic heterocycles. The van der Waals surface area contributed by atoms with E-state index in [-0.39, 0.29) is 19.0 Å². The largest absolute Gasteiger partial charge is 0.394 e. The predicted molar refractivity (Wildman–Crippen MR) is 75.3 cm³/mol. The fraction of sp³-hybridized carbons (Fsp3) is 0.462. The lowest BCUT2D eigenvalue weighted by Crippen LogP contribution is -2.35. The van der Waals surface area contributed by atoms with Gasteiger partial charge in [-0.2, -0.15) is 0 Å². The van der Waals surface area contributed by atoms with Crippen LogP contribution >= 0.6 is 0 Å². The van der Waals surface area contributed by atoms with Gasteiger partial charge in [-0.3, -0.25) is 4.57 Å². The Balaban J connectivity index is 2.00. The third-order valence-electron chi connectivity index (χ3n) is 3.51. The fourth-order valence-electron chi connectivity index (χ4n) is 2.47. The molecule has 0 aromatic carbocycles. The Bertz CT molecular complexity index is 712. The third-order valence-corrected chi connectivity index (χ3v) is 3.51. The lowest BCUT2D eigenvalue weighted by Gasteiger charge is -2.20. The van der Waals surface area contributed by atoms with Gasteiger partial charge in [0.2, 0.25) is 0 Å². The van der Waals surface area contributed by atoms with Crippen LogP contribution in [0.4, 0.5) is 5.82 Å². The molecule has 4 N–H and O–H groups in total. The molecule has 22 heavy (non-hydrogen) atoms. The summed E-state index contributed by atoms with van der Waals surface area (Å²) in [6.45, 7) is -0.346. The van der Waals surface area contributed by atoms with Crippen LogP contribution in [-0.4, -0.2) is 61.3 Å². The molecule has 0 aliphatic carbocycles. The summed E-state index contributed by atoms with van der Waals surface area (Å²) in [6.07, 6.45) is 4.66. The molecule has 0 radical (unpaired) electrons. The zero-order chi connectivity index (χ0) is 15.7. The first-order valence-electron chi connectivity index (χ1n) is 6.59. The lowest BCUT2D eigenvalue weighted by atomic mass is 10.1. The minimum atomic E-state index is -1.03. The van der Waals surface area contributed by atoms with E-state index in [0.29, 0.717) is 11.2 Å². The van der Waals surface area contributed by atoms with E-state index < -0.39 is 24.5 Å². The maximum absolute atomic E-state index is 10.2. The Morgan fingerprint density at radius 1 is 1.45 bits per heavy atom. The first-order chi connectivity index (χ1) is 10.7. The number of terminal acetylenes is 1. The molecule has 1 aliphatic rings. The van der Waals surface area contributed by atoms with Crippen LogP contribution in [0.25, 0.3) is 11.2 Å². The number of ether oxygens (including phenoxy) is 2. The molecular formula is C13H15N5O4. The molecule has 9 heteroatoms. The van der Waals surface area contributed by atoms with Crippen molar-refractivity contribution in [3.8, 4) is 12.3 Å². The quantitative estimate of drug-likeness (QED) is 0.593. The summed E-state index contributed by atoms with van der Waals surface area (Å²) in [5, 5.41) is 19.5. The Labute approximate surface area is 125 Å². The minimum absolute atomic E-state index is 0.00346. The van der Waals surface area contributed by atoms with Gasteiger partial charge in [0.25, 0.3) is 0 Å². The van der Waals surface area contributed by atoms with E-state index in [1.807, 2.05) is 0 Å². The summed E-state index contributed by atoms with van der Waals surface area (Å²) in [6, 6.07) is 0. The molecule has 1 aliphatic heterocycles. The highest BCUT2D eigenvalue weighted by Crippen LogP contribution is 2.33. The molecule has 3 unspecified atom stereocenters. The van der Waals surface area contributed by atoms with E-state index in [0.717, 1.165) is 0 Å². The second-order valence-electron chi connectivity index (χ2n) is 4.80. The molecule has 0 saturated carbocycles. The van der Waals surface area contributed by atoms with E-state index in [1.165, 1.54) is 12.7 Å². The van der Waals surface area contributed by atoms with Crippen LogP contribution < -0.4 is 5.73 Å². The zero-order valence-corrected chi connectivity index (χ0v) is 11.5. The summed E-state index contributed by atoms with van der Waals surface area (Å²) in [4.78, 5) is 12.1. The molecule has 0 amide bonds. The monoisotopic (exact) mass is 305 g/mol. The number of anilines is 1. The fourth-order valence-corrected chi connectivity index (χ4v) is 2.47. The van der Waals surface area contributed by atoms with Gasteiger partial charge in [-0.25, -0.2) is 15.0 Å². The van der Waals surface area contributed by atoms with Crippen molar-refractivity contribution < 1.29 is 19.7 Å². The smallest absolute Gasteiger partial charge is 0.167 e. The third kappa shape index (κ3) is 2.28. The minimum Gasteiger partial charge on any atom is -0.394 e. The van der Waals surface area contributed by atoms with Crippen molar-refractivity contribution in [2.75, 3.05) is 18.9 Å². The number of hydrogen-bond acceptors (Lipinski definition) is 8. The Morgan fingerprint density at radius 2 is 2.27 bits per heavy atom. The maximum atomic E-state index is 10.2. The standard InChI is InChI=1S/C13H15N5O4/c1-2-3-21-10-9(20)7(4-19)22-13(10)18-6-17-8-11(14)15-5-16-12(8)18/h1,5-7,9-10,13,19-20H,3-4H2,(H2,14,15,16)/t7?,9-,10?,13?/m1/s1. The van der Waals surface area contributed by atoms with Crippen LogP contribution in [0.5, 0.6) is 0 Å². The number of imidazole rings is 1. The van der Waals surface area contributed by atoms with Crippen molar-refractivity contribution in [2.45, 2.75) is 24.5 Å². The molecule has 0 spiro atoms. The number of hydrogen-bond donors (Lipinski definition) is 3. The van der Waals surface area contributed by atoms with Crippen LogP contribution in [-0.2, 0) is 9.47 Å². The first kappa shape index (κ1) is 14.7. The number of nitrogens with zero attached hydrogens (tertiary/aromatic N) is 4. The van der Waals surface area contributed by atoms with Gasteiger partial charge in [0.15, 0.2) is 17.7 Å². The number of nitrogens with two attached hydrogens (primary N) is 1. The van der Waals surface area contributed by atoms with Crippen molar-refractivity contribution >= 4 is 17.0 Å². The van der Waals surface area contributed by atoms with Crippen molar-refractivity contribution in [3.63, 3.8) is 0 Å². The van der Waals surface area contributed by atoms with Gasteiger partial charge in [-0.15, -0.1) is 6.42 Å². The van der Waals surface area contributed by atoms with Crippen molar-refractivity contribution in [1.29, 1.82) is 0 Å². The first-order valence-corrected chi connectivity index (χ1v) is 6.59. The van der Waals surface area contributed by atoms with Crippen molar-refractivity contribution in [1.82, 2.24) is 19.5 Å². The van der Waals surface area contributed by atoms with Crippen LogP contribution in [0.2, 0.25) is 0 Å². The second-order valence-corrected chi connectivity index (χ2v) is 4.80. The second kappa shape index (κ2) is 5.86. The predicted octanol–water partition coefficient (Wildman–Crippen LogP) is -1.32. The molecule has 2 aromatic rings. The Kier molecular flexibility index (Phi) is 3.91. The highest BCUT2D eigenvalue weighted by atomic mass is 16.6. The summed E-state index contributed by atoms with van der Waals surface area (Å²) >= 11 is 0. The summed E-state index contributed by atoms with van der Waals surface area (Å²) in [7, 11) is 0. The molecule has 1 saturated heterocycles. The average molecular weight is 305 g/mol. The SMILES string of the molecule is C#CCOC1C(n2cnc3c(N)ncnc32)OC(CO)[C@H]1O. The van der Waals surface area contributed by atoms with Crippen LogP contribution in [0.15, 0.2) is 12.7 Å². The molecule has 116 valence electrons.